The van der Waals surface area contributed by atoms with Crippen LogP contribution < -0.4 is 10.5 Å². The fourth-order valence-corrected chi connectivity index (χ4v) is 2.89. The smallest absolute Gasteiger partial charge is 0.118 e. The van der Waals surface area contributed by atoms with E-state index in [9.17, 15) is 4.21 Å². The maximum absolute atomic E-state index is 12.2. The summed E-state index contributed by atoms with van der Waals surface area (Å²) in [5, 5.41) is 0. The molecule has 100 valence electrons. The predicted molar refractivity (Wildman–Crippen MR) is 78.8 cm³/mol. The zero-order valence-corrected chi connectivity index (χ0v) is 11.7. The lowest BCUT2D eigenvalue weighted by Gasteiger charge is -2.06. The zero-order chi connectivity index (χ0) is 13.7. The van der Waals surface area contributed by atoms with E-state index in [1.165, 1.54) is 0 Å². The van der Waals surface area contributed by atoms with Crippen molar-refractivity contribution in [1.29, 1.82) is 0 Å². The molecule has 4 heteroatoms. The normalized spacial score (nSPS) is 12.1. The van der Waals surface area contributed by atoms with Gasteiger partial charge in [-0.25, -0.2) is 0 Å². The lowest BCUT2D eigenvalue weighted by atomic mass is 10.1. The van der Waals surface area contributed by atoms with Gasteiger partial charge in [-0.05, 0) is 42.3 Å². The standard InChI is InChI=1S/C15H17NO2S/c1-18-13-6-8-14(9-7-13)19(17)11-10-12-4-2-3-5-15(12)16/h2-9H,10-11,16H2,1H3. The van der Waals surface area contributed by atoms with Gasteiger partial charge in [0.05, 0.1) is 17.9 Å². The molecule has 0 amide bonds. The molecule has 2 aromatic rings. The summed E-state index contributed by atoms with van der Waals surface area (Å²) in [5.74, 6) is 1.34. The molecule has 0 bridgehead atoms. The number of nitrogen functional groups attached to an aromatic ring is 1. The number of aryl methyl sites for hydroxylation is 1. The number of benzene rings is 2. The number of hydrogen-bond acceptors (Lipinski definition) is 3. The van der Waals surface area contributed by atoms with Crippen molar-refractivity contribution < 1.29 is 8.95 Å². The summed E-state index contributed by atoms with van der Waals surface area (Å²) in [6.07, 6.45) is 0.714. The Morgan fingerprint density at radius 2 is 1.79 bits per heavy atom. The Labute approximate surface area is 115 Å². The predicted octanol–water partition coefficient (Wildman–Crippen LogP) is 2.63. The van der Waals surface area contributed by atoms with Crippen LogP contribution in [0.15, 0.2) is 53.4 Å². The van der Waals surface area contributed by atoms with Crippen LogP contribution in [-0.2, 0) is 17.2 Å². The van der Waals surface area contributed by atoms with Crippen LogP contribution >= 0.6 is 0 Å². The van der Waals surface area contributed by atoms with Gasteiger partial charge in [-0.1, -0.05) is 18.2 Å². The molecule has 2 rings (SSSR count). The highest BCUT2D eigenvalue weighted by Gasteiger charge is 2.06. The molecule has 0 saturated carbocycles. The van der Waals surface area contributed by atoms with Crippen molar-refractivity contribution in [1.82, 2.24) is 0 Å². The Hall–Kier alpha value is -1.81. The number of anilines is 1. The van der Waals surface area contributed by atoms with Gasteiger partial charge in [-0.2, -0.15) is 0 Å². The summed E-state index contributed by atoms with van der Waals surface area (Å²) in [6.45, 7) is 0. The SMILES string of the molecule is COc1ccc(S(=O)CCc2ccccc2N)cc1. The van der Waals surface area contributed by atoms with E-state index in [1.54, 1.807) is 7.11 Å². The molecule has 0 spiro atoms. The number of para-hydroxylation sites is 1. The minimum absolute atomic E-state index is 0.570. The molecule has 2 aromatic carbocycles. The van der Waals surface area contributed by atoms with Crippen LogP contribution in [0.25, 0.3) is 0 Å². The number of rotatable bonds is 5. The van der Waals surface area contributed by atoms with Crippen molar-refractivity contribution in [2.24, 2.45) is 0 Å². The Balaban J connectivity index is 1.99. The second-order valence-corrected chi connectivity index (χ2v) is 5.74. The quantitative estimate of drug-likeness (QED) is 0.853. The van der Waals surface area contributed by atoms with Crippen LogP contribution in [0.5, 0.6) is 5.75 Å². The minimum Gasteiger partial charge on any atom is -0.497 e. The lowest BCUT2D eigenvalue weighted by molar-refractivity contribution is 0.414. The molecule has 0 aliphatic carbocycles. The van der Waals surface area contributed by atoms with Crippen molar-refractivity contribution in [3.63, 3.8) is 0 Å². The van der Waals surface area contributed by atoms with E-state index in [4.69, 9.17) is 10.5 Å². The fraction of sp³-hybridized carbons (Fsp3) is 0.200. The molecule has 0 saturated heterocycles. The third-order valence-corrected chi connectivity index (χ3v) is 4.31. The first-order valence-electron chi connectivity index (χ1n) is 6.06. The van der Waals surface area contributed by atoms with Gasteiger partial charge in [0.2, 0.25) is 0 Å². The van der Waals surface area contributed by atoms with Crippen molar-refractivity contribution >= 4 is 16.5 Å². The second-order valence-electron chi connectivity index (χ2n) is 4.17. The molecule has 2 N–H and O–H groups in total. The first kappa shape index (κ1) is 13.6. The third-order valence-electron chi connectivity index (χ3n) is 2.93. The largest absolute Gasteiger partial charge is 0.497 e. The van der Waals surface area contributed by atoms with Gasteiger partial charge in [0.15, 0.2) is 0 Å². The molecule has 0 aromatic heterocycles. The van der Waals surface area contributed by atoms with Crippen LogP contribution in [0.3, 0.4) is 0 Å². The van der Waals surface area contributed by atoms with Gasteiger partial charge in [0.1, 0.15) is 5.75 Å². The van der Waals surface area contributed by atoms with E-state index < -0.39 is 10.8 Å². The van der Waals surface area contributed by atoms with Crippen LogP contribution in [0.2, 0.25) is 0 Å². The van der Waals surface area contributed by atoms with E-state index in [0.29, 0.717) is 12.2 Å². The number of ether oxygens (including phenoxy) is 1. The first-order chi connectivity index (χ1) is 9.20. The average molecular weight is 275 g/mol. The monoisotopic (exact) mass is 275 g/mol. The van der Waals surface area contributed by atoms with Crippen LogP contribution in [0.1, 0.15) is 5.56 Å². The highest BCUT2D eigenvalue weighted by Crippen LogP contribution is 2.16. The summed E-state index contributed by atoms with van der Waals surface area (Å²) < 4.78 is 17.2. The molecule has 3 nitrogen and oxygen atoms in total. The van der Waals surface area contributed by atoms with Crippen LogP contribution in [-0.4, -0.2) is 17.1 Å². The maximum Gasteiger partial charge on any atom is 0.118 e. The van der Waals surface area contributed by atoms with Crippen molar-refractivity contribution in [3.05, 3.63) is 54.1 Å². The topological polar surface area (TPSA) is 52.3 Å². The van der Waals surface area contributed by atoms with Gasteiger partial charge in [0, 0.05) is 16.3 Å². The summed E-state index contributed by atoms with van der Waals surface area (Å²) in [6, 6.07) is 15.0. The molecule has 0 aliphatic heterocycles. The summed E-state index contributed by atoms with van der Waals surface area (Å²) in [5.41, 5.74) is 7.67. The Kier molecular flexibility index (Phi) is 4.58. The minimum atomic E-state index is -1.01. The number of hydrogen-bond donors (Lipinski definition) is 1. The van der Waals surface area contributed by atoms with Crippen LogP contribution in [0.4, 0.5) is 5.69 Å². The Bertz CT molecular complexity index is 567. The molecule has 0 heterocycles. The highest BCUT2D eigenvalue weighted by atomic mass is 32.2. The molecule has 0 fully saturated rings. The number of methoxy groups -OCH3 is 1. The summed E-state index contributed by atoms with van der Waals surface area (Å²) in [7, 11) is 0.602. The van der Waals surface area contributed by atoms with E-state index in [2.05, 4.69) is 0 Å². The van der Waals surface area contributed by atoms with E-state index in [1.807, 2.05) is 48.5 Å². The van der Waals surface area contributed by atoms with Crippen molar-refractivity contribution in [2.75, 3.05) is 18.6 Å². The van der Waals surface area contributed by atoms with Gasteiger partial charge in [-0.3, -0.25) is 4.21 Å². The Morgan fingerprint density at radius 1 is 1.11 bits per heavy atom. The first-order valence-corrected chi connectivity index (χ1v) is 7.38. The molecular formula is C15H17NO2S. The fourth-order valence-electron chi connectivity index (χ4n) is 1.81. The summed E-state index contributed by atoms with van der Waals surface area (Å²) >= 11 is 0. The summed E-state index contributed by atoms with van der Waals surface area (Å²) in [4.78, 5) is 0.815. The van der Waals surface area contributed by atoms with Gasteiger partial charge in [-0.15, -0.1) is 0 Å². The van der Waals surface area contributed by atoms with E-state index >= 15 is 0 Å². The van der Waals surface area contributed by atoms with Gasteiger partial charge in [0.25, 0.3) is 0 Å². The molecule has 19 heavy (non-hydrogen) atoms. The van der Waals surface area contributed by atoms with Gasteiger partial charge < -0.3 is 10.5 Å². The van der Waals surface area contributed by atoms with E-state index in [-0.39, 0.29) is 0 Å². The maximum atomic E-state index is 12.2. The highest BCUT2D eigenvalue weighted by molar-refractivity contribution is 7.85. The van der Waals surface area contributed by atoms with Crippen molar-refractivity contribution in [3.8, 4) is 5.75 Å². The molecular weight excluding hydrogens is 258 g/mol. The van der Waals surface area contributed by atoms with E-state index in [0.717, 1.165) is 21.9 Å². The molecule has 1 unspecified atom stereocenters. The van der Waals surface area contributed by atoms with Crippen molar-refractivity contribution in [2.45, 2.75) is 11.3 Å². The molecule has 1 atom stereocenters. The van der Waals surface area contributed by atoms with Crippen LogP contribution in [0, 0.1) is 0 Å². The third kappa shape index (κ3) is 3.58. The average Bonchev–Trinajstić information content (AvgIpc) is 2.46. The molecule has 0 aliphatic rings. The van der Waals surface area contributed by atoms with Gasteiger partial charge >= 0.3 is 0 Å². The number of nitrogens with two attached hydrogens (primary N) is 1. The zero-order valence-electron chi connectivity index (χ0n) is 10.8. The molecule has 0 radical (unpaired) electrons. The lowest BCUT2D eigenvalue weighted by Crippen LogP contribution is -2.03. The second kappa shape index (κ2) is 6.38. The Morgan fingerprint density at radius 3 is 2.42 bits per heavy atom.